The molecule has 1 aliphatic heterocycles. The summed E-state index contributed by atoms with van der Waals surface area (Å²) in [5.41, 5.74) is 0. The van der Waals surface area contributed by atoms with Gasteiger partial charge in [-0.3, -0.25) is 0 Å². The second-order valence-corrected chi connectivity index (χ2v) is 5.14. The lowest BCUT2D eigenvalue weighted by Crippen LogP contribution is -2.22. The molecule has 120 valence electrons. The van der Waals surface area contributed by atoms with E-state index in [1.165, 1.54) is 0 Å². The van der Waals surface area contributed by atoms with Crippen LogP contribution in [0.3, 0.4) is 0 Å². The minimum atomic E-state index is -0.561. The van der Waals surface area contributed by atoms with Gasteiger partial charge in [-0.15, -0.1) is 6.58 Å². The first-order chi connectivity index (χ1) is 10.8. The lowest BCUT2D eigenvalue weighted by Gasteiger charge is -2.21. The van der Waals surface area contributed by atoms with Crippen LogP contribution in [0.25, 0.3) is 0 Å². The predicted molar refractivity (Wildman–Crippen MR) is 88.9 cm³/mol. The van der Waals surface area contributed by atoms with E-state index in [0.717, 1.165) is 45.1 Å². The summed E-state index contributed by atoms with van der Waals surface area (Å²) in [4.78, 5) is 0. The van der Waals surface area contributed by atoms with Crippen molar-refractivity contribution < 1.29 is 14.6 Å². The van der Waals surface area contributed by atoms with Crippen LogP contribution in [0.15, 0.2) is 24.8 Å². The first-order valence-electron chi connectivity index (χ1n) is 7.99. The third kappa shape index (κ3) is 10.2. The molecule has 0 bridgehead atoms. The Morgan fingerprint density at radius 2 is 2.14 bits per heavy atom. The van der Waals surface area contributed by atoms with Crippen molar-refractivity contribution in [3.05, 3.63) is 24.8 Å². The van der Waals surface area contributed by atoms with E-state index in [2.05, 4.69) is 30.3 Å². The van der Waals surface area contributed by atoms with Crippen molar-refractivity contribution in [2.24, 2.45) is 0 Å². The number of hydrogen-bond acceptors (Lipinski definition) is 3. The molecular weight excluding hydrogens is 276 g/mol. The maximum atomic E-state index is 9.63. The van der Waals surface area contributed by atoms with E-state index in [4.69, 9.17) is 9.47 Å². The van der Waals surface area contributed by atoms with Gasteiger partial charge in [0.15, 0.2) is 6.29 Å². The smallest absolute Gasteiger partial charge is 0.158 e. The molecule has 1 heterocycles. The predicted octanol–water partition coefficient (Wildman–Crippen LogP) is 3.20. The topological polar surface area (TPSA) is 38.7 Å². The molecule has 2 unspecified atom stereocenters. The van der Waals surface area contributed by atoms with Gasteiger partial charge in [0.1, 0.15) is 12.7 Å². The van der Waals surface area contributed by atoms with E-state index < -0.39 is 6.10 Å². The molecule has 0 saturated carbocycles. The molecule has 22 heavy (non-hydrogen) atoms. The van der Waals surface area contributed by atoms with Crippen molar-refractivity contribution in [3.8, 4) is 23.7 Å². The van der Waals surface area contributed by atoms with Crippen molar-refractivity contribution in [2.45, 2.75) is 57.3 Å². The molecule has 0 radical (unpaired) electrons. The van der Waals surface area contributed by atoms with Gasteiger partial charge in [0.2, 0.25) is 0 Å². The monoisotopic (exact) mass is 302 g/mol. The minimum Gasteiger partial charge on any atom is -0.380 e. The van der Waals surface area contributed by atoms with Gasteiger partial charge in [-0.2, -0.15) is 0 Å². The van der Waals surface area contributed by atoms with E-state index in [-0.39, 0.29) is 6.29 Å². The van der Waals surface area contributed by atoms with E-state index in [1.54, 1.807) is 12.2 Å². The largest absolute Gasteiger partial charge is 0.380 e. The fraction of sp³-hybridized carbons (Fsp3) is 0.579. The molecular formula is C19H26O3. The molecule has 1 rings (SSSR count). The Morgan fingerprint density at radius 3 is 2.91 bits per heavy atom. The maximum absolute atomic E-state index is 9.63. The highest BCUT2D eigenvalue weighted by Crippen LogP contribution is 2.12. The molecule has 1 N–H and O–H groups in total. The highest BCUT2D eigenvalue weighted by Gasteiger charge is 2.12. The van der Waals surface area contributed by atoms with E-state index >= 15 is 0 Å². The number of hydrogen-bond donors (Lipinski definition) is 1. The van der Waals surface area contributed by atoms with Crippen LogP contribution in [0.5, 0.6) is 0 Å². The zero-order valence-corrected chi connectivity index (χ0v) is 13.2. The average molecular weight is 302 g/mol. The normalized spacial score (nSPS) is 18.9. The summed E-state index contributed by atoms with van der Waals surface area (Å²) in [5, 5.41) is 9.63. The van der Waals surface area contributed by atoms with Gasteiger partial charge in [-0.05, 0) is 57.1 Å². The maximum Gasteiger partial charge on any atom is 0.158 e. The number of aliphatic hydroxyl groups excluding tert-OH is 1. The van der Waals surface area contributed by atoms with Crippen molar-refractivity contribution >= 4 is 0 Å². The first-order valence-corrected chi connectivity index (χ1v) is 7.99. The fourth-order valence-corrected chi connectivity index (χ4v) is 2.00. The molecule has 0 aromatic heterocycles. The van der Waals surface area contributed by atoms with Gasteiger partial charge in [-0.25, -0.2) is 0 Å². The lowest BCUT2D eigenvalue weighted by atomic mass is 10.1. The Hall–Kier alpha value is -1.52. The second kappa shape index (κ2) is 13.2. The second-order valence-electron chi connectivity index (χ2n) is 5.14. The van der Waals surface area contributed by atoms with E-state index in [0.29, 0.717) is 13.0 Å². The molecule has 3 heteroatoms. The Bertz CT molecular complexity index is 439. The Balaban J connectivity index is 2.08. The van der Waals surface area contributed by atoms with Crippen molar-refractivity contribution in [1.82, 2.24) is 0 Å². The average Bonchev–Trinajstić information content (AvgIpc) is 2.55. The molecule has 0 amide bonds. The third-order valence-corrected chi connectivity index (χ3v) is 3.22. The zero-order valence-electron chi connectivity index (χ0n) is 13.2. The van der Waals surface area contributed by atoms with Gasteiger partial charge < -0.3 is 14.6 Å². The Kier molecular flexibility index (Phi) is 11.1. The molecule has 1 aliphatic rings. The minimum absolute atomic E-state index is 0.0944. The molecule has 1 saturated heterocycles. The summed E-state index contributed by atoms with van der Waals surface area (Å²) >= 11 is 0. The van der Waals surface area contributed by atoms with Crippen LogP contribution in [-0.2, 0) is 9.47 Å². The third-order valence-electron chi connectivity index (χ3n) is 3.22. The molecule has 3 nitrogen and oxygen atoms in total. The molecule has 0 aliphatic carbocycles. The number of unbranched alkanes of at least 4 members (excludes halogenated alkanes) is 2. The summed E-state index contributed by atoms with van der Waals surface area (Å²) in [6.45, 7) is 4.82. The molecule has 2 atom stereocenters. The van der Waals surface area contributed by atoms with Crippen LogP contribution in [0.2, 0.25) is 0 Å². The lowest BCUT2D eigenvalue weighted by molar-refractivity contribution is -0.154. The van der Waals surface area contributed by atoms with Gasteiger partial charge in [0.05, 0.1) is 0 Å². The van der Waals surface area contributed by atoms with Crippen molar-refractivity contribution in [2.75, 3.05) is 13.2 Å². The number of allylic oxidation sites excluding steroid dienone is 3. The summed E-state index contributed by atoms with van der Waals surface area (Å²) < 4.78 is 10.9. The van der Waals surface area contributed by atoms with Crippen LogP contribution >= 0.6 is 0 Å². The number of ether oxygens (including phenoxy) is 2. The Labute approximate surface area is 134 Å². The van der Waals surface area contributed by atoms with E-state index in [9.17, 15) is 5.11 Å². The SMILES string of the molecule is C=CCCCCC(O)C#C/C=C\C#CCOC1CCCCO1. The summed E-state index contributed by atoms with van der Waals surface area (Å²) in [6, 6.07) is 0. The highest BCUT2D eigenvalue weighted by molar-refractivity contribution is 5.25. The first kappa shape index (κ1) is 18.5. The van der Waals surface area contributed by atoms with Crippen molar-refractivity contribution in [1.29, 1.82) is 0 Å². The molecule has 1 fully saturated rings. The van der Waals surface area contributed by atoms with Crippen molar-refractivity contribution in [3.63, 3.8) is 0 Å². The van der Waals surface area contributed by atoms with E-state index in [1.807, 2.05) is 6.08 Å². The summed E-state index contributed by atoms with van der Waals surface area (Å²) in [5.74, 6) is 11.3. The summed E-state index contributed by atoms with van der Waals surface area (Å²) in [6.07, 6.45) is 11.5. The molecule has 0 aromatic carbocycles. The molecule has 0 spiro atoms. The standard InChI is InChI=1S/C19H26O3/c1-2-3-4-8-13-18(20)14-9-6-5-7-11-16-21-19-15-10-12-17-22-19/h2,5-6,18-20H,1,3-4,8,10,12-13,15-17H2/b6-5-. The Morgan fingerprint density at radius 1 is 1.27 bits per heavy atom. The molecule has 0 aromatic rings. The summed E-state index contributed by atoms with van der Waals surface area (Å²) in [7, 11) is 0. The van der Waals surface area contributed by atoms with Crippen LogP contribution in [0.1, 0.15) is 44.9 Å². The van der Waals surface area contributed by atoms with Crippen LogP contribution in [0, 0.1) is 23.7 Å². The van der Waals surface area contributed by atoms with Gasteiger partial charge >= 0.3 is 0 Å². The number of aliphatic hydroxyl groups is 1. The van der Waals surface area contributed by atoms with Gasteiger partial charge in [0, 0.05) is 6.61 Å². The van der Waals surface area contributed by atoms with Gasteiger partial charge in [0.25, 0.3) is 0 Å². The van der Waals surface area contributed by atoms with Gasteiger partial charge in [-0.1, -0.05) is 29.8 Å². The van der Waals surface area contributed by atoms with Crippen LogP contribution in [-0.4, -0.2) is 30.7 Å². The quantitative estimate of drug-likeness (QED) is 0.446. The van der Waals surface area contributed by atoms with Crippen LogP contribution in [0.4, 0.5) is 0 Å². The fourth-order valence-electron chi connectivity index (χ4n) is 2.00. The highest BCUT2D eigenvalue weighted by atomic mass is 16.7. The number of rotatable bonds is 7. The zero-order chi connectivity index (χ0) is 15.9. The van der Waals surface area contributed by atoms with Crippen LogP contribution < -0.4 is 0 Å².